The van der Waals surface area contributed by atoms with Gasteiger partial charge in [-0.2, -0.15) is 0 Å². The van der Waals surface area contributed by atoms with Crippen LogP contribution in [-0.4, -0.2) is 18.1 Å². The van der Waals surface area contributed by atoms with Crippen molar-refractivity contribution < 1.29 is 9.53 Å². The normalized spacial score (nSPS) is 10.7. The van der Waals surface area contributed by atoms with E-state index in [4.69, 9.17) is 16.3 Å². The molecule has 1 heterocycles. The van der Waals surface area contributed by atoms with Crippen LogP contribution in [0.2, 0.25) is 5.02 Å². The molecule has 0 spiro atoms. The SMILES string of the molecule is CCc1nc2ccc(Cl)cc2c(-c2ccccc2)c1C(=O)OC. The molecule has 4 heteroatoms. The number of aryl methyl sites for hydroxylation is 1. The molecule has 2 aromatic carbocycles. The first kappa shape index (κ1) is 15.5. The van der Waals surface area contributed by atoms with Crippen LogP contribution in [0.4, 0.5) is 0 Å². The number of aromatic nitrogens is 1. The molecule has 3 rings (SSSR count). The summed E-state index contributed by atoms with van der Waals surface area (Å²) in [6.45, 7) is 1.98. The Kier molecular flexibility index (Phi) is 4.30. The standard InChI is InChI=1S/C19H16ClNO2/c1-3-15-18(19(22)23-2)17(12-7-5-4-6-8-12)14-11-13(20)9-10-16(14)21-15/h4-11H,3H2,1-2H3. The van der Waals surface area contributed by atoms with Gasteiger partial charge < -0.3 is 4.74 Å². The van der Waals surface area contributed by atoms with Crippen molar-refractivity contribution in [3.05, 3.63) is 64.8 Å². The third kappa shape index (κ3) is 2.80. The molecule has 0 fully saturated rings. The summed E-state index contributed by atoms with van der Waals surface area (Å²) >= 11 is 6.17. The summed E-state index contributed by atoms with van der Waals surface area (Å²) in [5, 5.41) is 1.46. The Labute approximate surface area is 139 Å². The highest BCUT2D eigenvalue weighted by Crippen LogP contribution is 2.35. The number of fused-ring (bicyclic) bond motifs is 1. The summed E-state index contributed by atoms with van der Waals surface area (Å²) in [7, 11) is 1.39. The molecule has 0 aliphatic carbocycles. The average Bonchev–Trinajstić information content (AvgIpc) is 2.60. The fourth-order valence-corrected chi connectivity index (χ4v) is 2.94. The Hall–Kier alpha value is -2.39. The number of carbonyl (C=O) groups is 1. The third-order valence-electron chi connectivity index (χ3n) is 3.81. The van der Waals surface area contributed by atoms with Crippen molar-refractivity contribution in [3.63, 3.8) is 0 Å². The molecule has 0 aliphatic heterocycles. The number of benzene rings is 2. The van der Waals surface area contributed by atoms with Crippen LogP contribution in [0, 0.1) is 0 Å². The minimum atomic E-state index is -0.380. The molecular weight excluding hydrogens is 310 g/mol. The van der Waals surface area contributed by atoms with Gasteiger partial charge in [0.1, 0.15) is 0 Å². The number of nitrogens with zero attached hydrogens (tertiary/aromatic N) is 1. The van der Waals surface area contributed by atoms with Crippen LogP contribution in [0.25, 0.3) is 22.0 Å². The van der Waals surface area contributed by atoms with Crippen LogP contribution in [-0.2, 0) is 11.2 Å². The number of hydrogen-bond acceptors (Lipinski definition) is 3. The topological polar surface area (TPSA) is 39.2 Å². The molecule has 3 aromatic rings. The number of pyridine rings is 1. The zero-order chi connectivity index (χ0) is 16.4. The summed E-state index contributed by atoms with van der Waals surface area (Å²) in [5.41, 5.74) is 3.82. The van der Waals surface area contributed by atoms with E-state index in [2.05, 4.69) is 4.98 Å². The minimum Gasteiger partial charge on any atom is -0.465 e. The van der Waals surface area contributed by atoms with E-state index in [-0.39, 0.29) is 5.97 Å². The molecule has 0 radical (unpaired) electrons. The first-order valence-electron chi connectivity index (χ1n) is 7.41. The second-order valence-corrected chi connectivity index (χ2v) is 5.62. The fraction of sp³-hybridized carbons (Fsp3) is 0.158. The lowest BCUT2D eigenvalue weighted by Gasteiger charge is -2.15. The van der Waals surface area contributed by atoms with Gasteiger partial charge in [0.2, 0.25) is 0 Å². The van der Waals surface area contributed by atoms with E-state index in [0.717, 1.165) is 27.7 Å². The molecule has 1 aromatic heterocycles. The monoisotopic (exact) mass is 325 g/mol. The van der Waals surface area contributed by atoms with Crippen molar-refractivity contribution >= 4 is 28.5 Å². The first-order valence-corrected chi connectivity index (χ1v) is 7.79. The predicted octanol–water partition coefficient (Wildman–Crippen LogP) is 4.90. The maximum absolute atomic E-state index is 12.4. The lowest BCUT2D eigenvalue weighted by molar-refractivity contribution is 0.0600. The molecule has 0 aliphatic rings. The zero-order valence-electron chi connectivity index (χ0n) is 13.0. The number of methoxy groups -OCH3 is 1. The lowest BCUT2D eigenvalue weighted by Crippen LogP contribution is -2.10. The van der Waals surface area contributed by atoms with Crippen LogP contribution in [0.5, 0.6) is 0 Å². The van der Waals surface area contributed by atoms with Crippen molar-refractivity contribution in [2.75, 3.05) is 7.11 Å². The summed E-state index contributed by atoms with van der Waals surface area (Å²) in [6, 6.07) is 15.3. The van der Waals surface area contributed by atoms with Gasteiger partial charge in [0, 0.05) is 16.0 Å². The van der Waals surface area contributed by atoms with Crippen LogP contribution in [0.1, 0.15) is 23.0 Å². The number of carbonyl (C=O) groups excluding carboxylic acids is 1. The van der Waals surface area contributed by atoms with Gasteiger partial charge in [0.05, 0.1) is 23.9 Å². The van der Waals surface area contributed by atoms with Crippen LogP contribution in [0.15, 0.2) is 48.5 Å². The van der Waals surface area contributed by atoms with Gasteiger partial charge in [-0.15, -0.1) is 0 Å². The average molecular weight is 326 g/mol. The number of ether oxygens (including phenoxy) is 1. The largest absolute Gasteiger partial charge is 0.465 e. The number of halogens is 1. The Bertz CT molecular complexity index is 875. The van der Waals surface area contributed by atoms with Crippen LogP contribution < -0.4 is 0 Å². The lowest BCUT2D eigenvalue weighted by atomic mass is 9.93. The van der Waals surface area contributed by atoms with Crippen LogP contribution >= 0.6 is 11.6 Å². The minimum absolute atomic E-state index is 0.380. The van der Waals surface area contributed by atoms with E-state index >= 15 is 0 Å². The molecule has 23 heavy (non-hydrogen) atoms. The highest BCUT2D eigenvalue weighted by molar-refractivity contribution is 6.31. The first-order chi connectivity index (χ1) is 11.2. The van der Waals surface area contributed by atoms with Crippen molar-refractivity contribution in [3.8, 4) is 11.1 Å². The van der Waals surface area contributed by atoms with Gasteiger partial charge in [0.25, 0.3) is 0 Å². The molecule has 0 atom stereocenters. The molecular formula is C19H16ClNO2. The molecule has 0 unspecified atom stereocenters. The number of esters is 1. The number of hydrogen-bond donors (Lipinski definition) is 0. The van der Waals surface area contributed by atoms with E-state index in [1.807, 2.05) is 55.5 Å². The van der Waals surface area contributed by atoms with Gasteiger partial charge in [-0.25, -0.2) is 4.79 Å². The molecule has 0 saturated heterocycles. The molecule has 0 bridgehead atoms. The quantitative estimate of drug-likeness (QED) is 0.643. The van der Waals surface area contributed by atoms with Crippen molar-refractivity contribution in [2.24, 2.45) is 0 Å². The van der Waals surface area contributed by atoms with Crippen molar-refractivity contribution in [2.45, 2.75) is 13.3 Å². The summed E-state index contributed by atoms with van der Waals surface area (Å²) in [6.07, 6.45) is 0.642. The van der Waals surface area contributed by atoms with E-state index < -0.39 is 0 Å². The Morgan fingerprint density at radius 1 is 1.17 bits per heavy atom. The predicted molar refractivity (Wildman–Crippen MR) is 92.9 cm³/mol. The zero-order valence-corrected chi connectivity index (χ0v) is 13.7. The summed E-state index contributed by atoms with van der Waals surface area (Å²) < 4.78 is 5.01. The van der Waals surface area contributed by atoms with Gasteiger partial charge >= 0.3 is 5.97 Å². The van der Waals surface area contributed by atoms with Gasteiger partial charge in [0.15, 0.2) is 0 Å². The van der Waals surface area contributed by atoms with E-state index in [9.17, 15) is 4.79 Å². The third-order valence-corrected chi connectivity index (χ3v) is 4.04. The van der Waals surface area contributed by atoms with Gasteiger partial charge in [-0.1, -0.05) is 48.9 Å². The summed E-state index contributed by atoms with van der Waals surface area (Å²) in [4.78, 5) is 17.1. The van der Waals surface area contributed by atoms with E-state index in [0.29, 0.717) is 17.0 Å². The molecule has 0 saturated carbocycles. The van der Waals surface area contributed by atoms with Crippen molar-refractivity contribution in [1.29, 1.82) is 0 Å². The van der Waals surface area contributed by atoms with Crippen LogP contribution in [0.3, 0.4) is 0 Å². The second-order valence-electron chi connectivity index (χ2n) is 5.18. The van der Waals surface area contributed by atoms with E-state index in [1.54, 1.807) is 0 Å². The highest BCUT2D eigenvalue weighted by atomic mass is 35.5. The van der Waals surface area contributed by atoms with Gasteiger partial charge in [-0.05, 0) is 30.2 Å². The van der Waals surface area contributed by atoms with Crippen molar-refractivity contribution in [1.82, 2.24) is 4.98 Å². The Balaban J connectivity index is 2.48. The molecule has 0 N–H and O–H groups in total. The Morgan fingerprint density at radius 3 is 2.57 bits per heavy atom. The summed E-state index contributed by atoms with van der Waals surface area (Å²) in [5.74, 6) is -0.380. The smallest absolute Gasteiger partial charge is 0.340 e. The highest BCUT2D eigenvalue weighted by Gasteiger charge is 2.22. The van der Waals surface area contributed by atoms with Gasteiger partial charge in [-0.3, -0.25) is 4.98 Å². The molecule has 116 valence electrons. The maximum Gasteiger partial charge on any atom is 0.340 e. The molecule has 0 amide bonds. The second kappa shape index (κ2) is 6.39. The maximum atomic E-state index is 12.4. The Morgan fingerprint density at radius 2 is 1.91 bits per heavy atom. The number of rotatable bonds is 3. The van der Waals surface area contributed by atoms with E-state index in [1.165, 1.54) is 7.11 Å². The molecule has 3 nitrogen and oxygen atoms in total. The fourth-order valence-electron chi connectivity index (χ4n) is 2.77.